The van der Waals surface area contributed by atoms with Gasteiger partial charge in [-0.05, 0) is 48.6 Å². The van der Waals surface area contributed by atoms with Crippen LogP contribution in [0, 0.1) is 5.41 Å². The molecule has 1 N–H and O–H groups in total. The first-order chi connectivity index (χ1) is 9.64. The van der Waals surface area contributed by atoms with Crippen LogP contribution in [-0.4, -0.2) is 11.0 Å². The van der Waals surface area contributed by atoms with E-state index in [1.807, 2.05) is 12.4 Å². The predicted molar refractivity (Wildman–Crippen MR) is 86.0 cm³/mol. The number of hydrogen-bond donors (Lipinski definition) is 1. The molecule has 1 aliphatic carbocycles. The molecule has 2 aromatic rings. The van der Waals surface area contributed by atoms with Crippen LogP contribution in [0.2, 0.25) is 0 Å². The number of hydrogen-bond acceptors (Lipinski definition) is 2. The molecule has 1 unspecified atom stereocenters. The monoisotopic (exact) mass is 268 g/mol. The zero-order valence-corrected chi connectivity index (χ0v) is 12.5. The summed E-state index contributed by atoms with van der Waals surface area (Å²) in [7, 11) is 0. The van der Waals surface area contributed by atoms with Gasteiger partial charge in [-0.2, -0.15) is 0 Å². The van der Waals surface area contributed by atoms with Gasteiger partial charge in [-0.25, -0.2) is 0 Å². The quantitative estimate of drug-likeness (QED) is 0.775. The number of anilines is 1. The van der Waals surface area contributed by atoms with Crippen LogP contribution < -0.4 is 5.32 Å². The van der Waals surface area contributed by atoms with E-state index in [0.717, 1.165) is 0 Å². The van der Waals surface area contributed by atoms with E-state index in [1.165, 1.54) is 48.6 Å². The molecule has 1 aromatic carbocycles. The van der Waals surface area contributed by atoms with Gasteiger partial charge in [-0.3, -0.25) is 4.98 Å². The van der Waals surface area contributed by atoms with Crippen LogP contribution in [0.5, 0.6) is 0 Å². The molecule has 0 spiro atoms. The van der Waals surface area contributed by atoms with Crippen LogP contribution in [0.3, 0.4) is 0 Å². The second kappa shape index (κ2) is 5.43. The number of nitrogens with zero attached hydrogens (tertiary/aromatic N) is 1. The van der Waals surface area contributed by atoms with Crippen molar-refractivity contribution in [1.29, 1.82) is 0 Å². The van der Waals surface area contributed by atoms with E-state index in [0.29, 0.717) is 11.5 Å². The highest BCUT2D eigenvalue weighted by molar-refractivity contribution is 5.93. The first-order valence-electron chi connectivity index (χ1n) is 7.73. The molecule has 0 saturated heterocycles. The second-order valence-corrected chi connectivity index (χ2v) is 6.84. The first kappa shape index (κ1) is 13.4. The summed E-state index contributed by atoms with van der Waals surface area (Å²) >= 11 is 0. The summed E-state index contributed by atoms with van der Waals surface area (Å²) in [5, 5.41) is 6.26. The Morgan fingerprint density at radius 3 is 2.95 bits per heavy atom. The number of rotatable bonds is 2. The van der Waals surface area contributed by atoms with Crippen LogP contribution in [0.1, 0.15) is 46.0 Å². The fraction of sp³-hybridized carbons (Fsp3) is 0.500. The highest BCUT2D eigenvalue weighted by atomic mass is 14.9. The Morgan fingerprint density at radius 2 is 2.05 bits per heavy atom. The van der Waals surface area contributed by atoms with Crippen molar-refractivity contribution in [3.05, 3.63) is 36.7 Å². The molecular weight excluding hydrogens is 244 g/mol. The van der Waals surface area contributed by atoms with Crippen molar-refractivity contribution < 1.29 is 0 Å². The van der Waals surface area contributed by atoms with Gasteiger partial charge >= 0.3 is 0 Å². The molecule has 1 atom stereocenters. The molecule has 0 bridgehead atoms. The van der Waals surface area contributed by atoms with Crippen LogP contribution in [0.15, 0.2) is 36.7 Å². The van der Waals surface area contributed by atoms with Gasteiger partial charge in [-0.15, -0.1) is 0 Å². The summed E-state index contributed by atoms with van der Waals surface area (Å²) < 4.78 is 0. The standard InChI is InChI=1S/C18H24N2/c1-18(2)10-4-6-15(8-11-18)20-17-7-3-5-14-9-12-19-13-16(14)17/h3,5,7,9,12-13,15,20H,4,6,8,10-11H2,1-2H3. The topological polar surface area (TPSA) is 24.9 Å². The second-order valence-electron chi connectivity index (χ2n) is 6.84. The summed E-state index contributed by atoms with van der Waals surface area (Å²) in [5.74, 6) is 0. The van der Waals surface area contributed by atoms with Crippen LogP contribution in [0.4, 0.5) is 5.69 Å². The molecule has 0 radical (unpaired) electrons. The molecule has 0 aliphatic heterocycles. The van der Waals surface area contributed by atoms with Crippen molar-refractivity contribution >= 4 is 16.5 Å². The Bertz CT molecular complexity index is 583. The van der Waals surface area contributed by atoms with E-state index in [9.17, 15) is 0 Å². The predicted octanol–water partition coefficient (Wildman–Crippen LogP) is 5.01. The van der Waals surface area contributed by atoms with E-state index < -0.39 is 0 Å². The molecule has 0 amide bonds. The lowest BCUT2D eigenvalue weighted by atomic mass is 9.85. The smallest absolute Gasteiger partial charge is 0.0437 e. The minimum absolute atomic E-state index is 0.511. The Labute approximate surface area is 121 Å². The van der Waals surface area contributed by atoms with E-state index in [4.69, 9.17) is 0 Å². The maximum atomic E-state index is 4.27. The normalized spacial score (nSPS) is 22.4. The molecule has 1 fully saturated rings. The number of benzene rings is 1. The highest BCUT2D eigenvalue weighted by Gasteiger charge is 2.24. The Hall–Kier alpha value is -1.57. The number of pyridine rings is 1. The zero-order valence-electron chi connectivity index (χ0n) is 12.5. The molecular formula is C18H24N2. The molecule has 20 heavy (non-hydrogen) atoms. The third kappa shape index (κ3) is 2.95. The van der Waals surface area contributed by atoms with Crippen molar-refractivity contribution in [1.82, 2.24) is 4.98 Å². The van der Waals surface area contributed by atoms with Crippen molar-refractivity contribution in [2.45, 2.75) is 52.0 Å². The average molecular weight is 268 g/mol. The van der Waals surface area contributed by atoms with Gasteiger partial charge in [0.1, 0.15) is 0 Å². The van der Waals surface area contributed by atoms with Gasteiger partial charge in [-0.1, -0.05) is 32.4 Å². The average Bonchev–Trinajstić information content (AvgIpc) is 2.61. The third-order valence-corrected chi connectivity index (χ3v) is 4.62. The minimum atomic E-state index is 0.511. The van der Waals surface area contributed by atoms with Crippen molar-refractivity contribution in [2.24, 2.45) is 5.41 Å². The molecule has 2 heteroatoms. The summed E-state index contributed by atoms with van der Waals surface area (Å²) in [6.07, 6.45) is 10.4. The SMILES string of the molecule is CC1(C)CCCC(Nc2cccc3ccncc23)CC1. The third-order valence-electron chi connectivity index (χ3n) is 4.62. The van der Waals surface area contributed by atoms with Gasteiger partial charge in [0.25, 0.3) is 0 Å². The number of nitrogens with one attached hydrogen (secondary N) is 1. The number of aromatic nitrogens is 1. The van der Waals surface area contributed by atoms with Crippen molar-refractivity contribution in [2.75, 3.05) is 5.32 Å². The van der Waals surface area contributed by atoms with Gasteiger partial charge < -0.3 is 5.32 Å². The fourth-order valence-electron chi connectivity index (χ4n) is 3.26. The molecule has 1 heterocycles. The lowest BCUT2D eigenvalue weighted by Crippen LogP contribution is -2.19. The van der Waals surface area contributed by atoms with Gasteiger partial charge in [0, 0.05) is 29.5 Å². The Morgan fingerprint density at radius 1 is 1.15 bits per heavy atom. The highest BCUT2D eigenvalue weighted by Crippen LogP contribution is 2.35. The molecule has 1 saturated carbocycles. The fourth-order valence-corrected chi connectivity index (χ4v) is 3.26. The zero-order chi connectivity index (χ0) is 14.0. The first-order valence-corrected chi connectivity index (χ1v) is 7.73. The molecule has 1 aromatic heterocycles. The molecule has 106 valence electrons. The maximum absolute atomic E-state index is 4.27. The number of fused-ring (bicyclic) bond motifs is 1. The Balaban J connectivity index is 1.79. The molecule has 1 aliphatic rings. The summed E-state index contributed by atoms with van der Waals surface area (Å²) in [6.45, 7) is 4.80. The van der Waals surface area contributed by atoms with Gasteiger partial charge in [0.05, 0.1) is 0 Å². The maximum Gasteiger partial charge on any atom is 0.0437 e. The van der Waals surface area contributed by atoms with E-state index in [1.54, 1.807) is 0 Å². The summed E-state index contributed by atoms with van der Waals surface area (Å²) in [6, 6.07) is 9.14. The van der Waals surface area contributed by atoms with Crippen LogP contribution >= 0.6 is 0 Å². The summed E-state index contributed by atoms with van der Waals surface area (Å²) in [4.78, 5) is 4.27. The van der Waals surface area contributed by atoms with Crippen LogP contribution in [-0.2, 0) is 0 Å². The molecule has 3 rings (SSSR count). The van der Waals surface area contributed by atoms with Crippen molar-refractivity contribution in [3.8, 4) is 0 Å². The largest absolute Gasteiger partial charge is 0.382 e. The van der Waals surface area contributed by atoms with Gasteiger partial charge in [0.15, 0.2) is 0 Å². The van der Waals surface area contributed by atoms with Crippen molar-refractivity contribution in [3.63, 3.8) is 0 Å². The van der Waals surface area contributed by atoms with E-state index in [-0.39, 0.29) is 0 Å². The van der Waals surface area contributed by atoms with E-state index >= 15 is 0 Å². The lowest BCUT2D eigenvalue weighted by Gasteiger charge is -2.22. The van der Waals surface area contributed by atoms with Crippen LogP contribution in [0.25, 0.3) is 10.8 Å². The van der Waals surface area contributed by atoms with Gasteiger partial charge in [0.2, 0.25) is 0 Å². The molecule has 2 nitrogen and oxygen atoms in total. The van der Waals surface area contributed by atoms with E-state index in [2.05, 4.69) is 48.4 Å². The lowest BCUT2D eigenvalue weighted by molar-refractivity contribution is 0.313. The Kier molecular flexibility index (Phi) is 3.64. The summed E-state index contributed by atoms with van der Waals surface area (Å²) in [5.41, 5.74) is 1.75. The minimum Gasteiger partial charge on any atom is -0.382 e.